The molecule has 0 bridgehead atoms. The van der Waals surface area contributed by atoms with Gasteiger partial charge in [0, 0.05) is 25.2 Å². The quantitative estimate of drug-likeness (QED) is 0.643. The lowest BCUT2D eigenvalue weighted by atomic mass is 10.1. The predicted molar refractivity (Wildman–Crippen MR) is 48.8 cm³/mol. The van der Waals surface area contributed by atoms with E-state index in [1.807, 2.05) is 0 Å². The first-order valence-corrected chi connectivity index (χ1v) is 4.75. The summed E-state index contributed by atoms with van der Waals surface area (Å²) in [5.41, 5.74) is 0. The van der Waals surface area contributed by atoms with Crippen LogP contribution >= 0.6 is 0 Å². The van der Waals surface area contributed by atoms with E-state index < -0.39 is 0 Å². The van der Waals surface area contributed by atoms with Gasteiger partial charge in [0.2, 0.25) is 0 Å². The number of piperazine rings is 1. The molecule has 0 amide bonds. The molecule has 1 fully saturated rings. The van der Waals surface area contributed by atoms with Gasteiger partial charge in [-0.2, -0.15) is 0 Å². The Morgan fingerprint density at radius 2 is 2.18 bits per heavy atom. The van der Waals surface area contributed by atoms with E-state index in [1.54, 1.807) is 0 Å². The smallest absolute Gasteiger partial charge is 0.0193 e. The highest BCUT2D eigenvalue weighted by Gasteiger charge is 2.21. The summed E-state index contributed by atoms with van der Waals surface area (Å²) in [5, 5.41) is 3.54. The Labute approximate surface area is 70.0 Å². The molecular formula is C9H20N2. The third-order valence-corrected chi connectivity index (χ3v) is 2.68. The summed E-state index contributed by atoms with van der Waals surface area (Å²) in [6, 6.07) is 1.45. The molecule has 1 heterocycles. The van der Waals surface area contributed by atoms with Gasteiger partial charge in [-0.3, -0.25) is 4.90 Å². The Hall–Kier alpha value is -0.0800. The van der Waals surface area contributed by atoms with Gasteiger partial charge >= 0.3 is 0 Å². The van der Waals surface area contributed by atoms with Crippen molar-refractivity contribution >= 4 is 0 Å². The largest absolute Gasteiger partial charge is 0.311 e. The predicted octanol–water partition coefficient (Wildman–Crippen LogP) is 1.08. The summed E-state index contributed by atoms with van der Waals surface area (Å²) in [6.07, 6.45) is 1.25. The van der Waals surface area contributed by atoms with E-state index in [4.69, 9.17) is 0 Å². The van der Waals surface area contributed by atoms with Crippen molar-refractivity contribution in [2.45, 2.75) is 39.3 Å². The summed E-state index contributed by atoms with van der Waals surface area (Å²) in [7, 11) is 0. The highest BCUT2D eigenvalue weighted by Crippen LogP contribution is 2.07. The van der Waals surface area contributed by atoms with Crippen molar-refractivity contribution in [3.05, 3.63) is 0 Å². The molecular weight excluding hydrogens is 136 g/mol. The van der Waals surface area contributed by atoms with E-state index >= 15 is 0 Å². The molecule has 0 aromatic carbocycles. The topological polar surface area (TPSA) is 15.3 Å². The monoisotopic (exact) mass is 156 g/mol. The number of likely N-dealkylation sites (N-methyl/N-ethyl adjacent to an activating group) is 1. The number of nitrogens with zero attached hydrogens (tertiary/aromatic N) is 1. The Morgan fingerprint density at radius 3 is 2.73 bits per heavy atom. The minimum atomic E-state index is 0.725. The van der Waals surface area contributed by atoms with Gasteiger partial charge in [0.05, 0.1) is 0 Å². The maximum Gasteiger partial charge on any atom is 0.0193 e. The molecule has 0 saturated carbocycles. The van der Waals surface area contributed by atoms with E-state index in [2.05, 4.69) is 31.0 Å². The summed E-state index contributed by atoms with van der Waals surface area (Å²) in [5.74, 6) is 0. The highest BCUT2D eigenvalue weighted by molar-refractivity contribution is 4.81. The van der Waals surface area contributed by atoms with E-state index in [9.17, 15) is 0 Å². The first-order valence-electron chi connectivity index (χ1n) is 4.75. The molecule has 1 N–H and O–H groups in total. The second-order valence-electron chi connectivity index (χ2n) is 3.45. The molecule has 0 aliphatic carbocycles. The lowest BCUT2D eigenvalue weighted by Gasteiger charge is -2.37. The zero-order valence-corrected chi connectivity index (χ0v) is 7.93. The van der Waals surface area contributed by atoms with Crippen LogP contribution in [0.1, 0.15) is 27.2 Å². The fourth-order valence-electron chi connectivity index (χ4n) is 1.71. The van der Waals surface area contributed by atoms with Crippen LogP contribution in [0.5, 0.6) is 0 Å². The molecule has 0 aromatic rings. The van der Waals surface area contributed by atoms with E-state index in [0.717, 1.165) is 18.6 Å². The molecule has 0 spiro atoms. The average Bonchev–Trinajstić information content (AvgIpc) is 2.05. The van der Waals surface area contributed by atoms with Crippen molar-refractivity contribution in [2.75, 3.05) is 19.6 Å². The number of hydrogen-bond donors (Lipinski definition) is 1. The third kappa shape index (κ3) is 2.17. The first-order chi connectivity index (χ1) is 5.27. The number of nitrogens with one attached hydrogen (secondary N) is 1. The standard InChI is InChI=1S/C9H20N2/c1-4-9-7-11(5-2)8(3)6-10-9/h8-10H,4-7H2,1-3H3. The molecule has 1 saturated heterocycles. The van der Waals surface area contributed by atoms with Gasteiger partial charge in [0.25, 0.3) is 0 Å². The zero-order chi connectivity index (χ0) is 8.27. The van der Waals surface area contributed by atoms with Gasteiger partial charge in [-0.25, -0.2) is 0 Å². The van der Waals surface area contributed by atoms with Gasteiger partial charge < -0.3 is 5.32 Å². The Morgan fingerprint density at radius 1 is 1.45 bits per heavy atom. The van der Waals surface area contributed by atoms with Gasteiger partial charge in [0.15, 0.2) is 0 Å². The SMILES string of the molecule is CCC1CN(CC)C(C)CN1. The fourth-order valence-corrected chi connectivity index (χ4v) is 1.71. The van der Waals surface area contributed by atoms with E-state index in [1.165, 1.54) is 19.5 Å². The Bertz CT molecular complexity index is 114. The van der Waals surface area contributed by atoms with Crippen molar-refractivity contribution in [3.8, 4) is 0 Å². The van der Waals surface area contributed by atoms with Crippen molar-refractivity contribution < 1.29 is 0 Å². The van der Waals surface area contributed by atoms with Crippen LogP contribution in [-0.2, 0) is 0 Å². The molecule has 1 aliphatic rings. The van der Waals surface area contributed by atoms with E-state index in [0.29, 0.717) is 0 Å². The van der Waals surface area contributed by atoms with Gasteiger partial charge in [-0.05, 0) is 19.9 Å². The normalized spacial score (nSPS) is 34.1. The second-order valence-corrected chi connectivity index (χ2v) is 3.45. The second kappa shape index (κ2) is 4.07. The Balaban J connectivity index is 2.37. The van der Waals surface area contributed by atoms with Crippen LogP contribution in [-0.4, -0.2) is 36.6 Å². The Kier molecular flexibility index (Phi) is 3.34. The first kappa shape index (κ1) is 9.01. The summed E-state index contributed by atoms with van der Waals surface area (Å²) < 4.78 is 0. The average molecular weight is 156 g/mol. The van der Waals surface area contributed by atoms with Gasteiger partial charge in [-0.15, -0.1) is 0 Å². The van der Waals surface area contributed by atoms with Crippen LogP contribution in [0.3, 0.4) is 0 Å². The summed E-state index contributed by atoms with van der Waals surface area (Å²) in [6.45, 7) is 10.4. The molecule has 66 valence electrons. The molecule has 1 aliphatic heterocycles. The number of hydrogen-bond acceptors (Lipinski definition) is 2. The highest BCUT2D eigenvalue weighted by atomic mass is 15.2. The summed E-state index contributed by atoms with van der Waals surface area (Å²) >= 11 is 0. The number of rotatable bonds is 2. The maximum atomic E-state index is 3.54. The molecule has 2 atom stereocenters. The maximum absolute atomic E-state index is 3.54. The summed E-state index contributed by atoms with van der Waals surface area (Å²) in [4.78, 5) is 2.55. The molecule has 2 unspecified atom stereocenters. The van der Waals surface area contributed by atoms with Crippen LogP contribution in [0.15, 0.2) is 0 Å². The minimum Gasteiger partial charge on any atom is -0.311 e. The minimum absolute atomic E-state index is 0.725. The fraction of sp³-hybridized carbons (Fsp3) is 1.00. The molecule has 11 heavy (non-hydrogen) atoms. The van der Waals surface area contributed by atoms with Gasteiger partial charge in [-0.1, -0.05) is 13.8 Å². The van der Waals surface area contributed by atoms with Crippen LogP contribution in [0.2, 0.25) is 0 Å². The lowest BCUT2D eigenvalue weighted by Crippen LogP contribution is -2.54. The van der Waals surface area contributed by atoms with Gasteiger partial charge in [0.1, 0.15) is 0 Å². The molecule has 2 nitrogen and oxygen atoms in total. The van der Waals surface area contributed by atoms with Crippen LogP contribution in [0.25, 0.3) is 0 Å². The van der Waals surface area contributed by atoms with Crippen LogP contribution in [0, 0.1) is 0 Å². The molecule has 0 radical (unpaired) electrons. The van der Waals surface area contributed by atoms with Crippen molar-refractivity contribution in [1.29, 1.82) is 0 Å². The van der Waals surface area contributed by atoms with Crippen molar-refractivity contribution in [1.82, 2.24) is 10.2 Å². The van der Waals surface area contributed by atoms with Crippen LogP contribution in [0.4, 0.5) is 0 Å². The molecule has 0 aromatic heterocycles. The molecule has 1 rings (SSSR count). The lowest BCUT2D eigenvalue weighted by molar-refractivity contribution is 0.146. The zero-order valence-electron chi connectivity index (χ0n) is 7.93. The van der Waals surface area contributed by atoms with E-state index in [-0.39, 0.29) is 0 Å². The van der Waals surface area contributed by atoms with Crippen LogP contribution < -0.4 is 5.32 Å². The van der Waals surface area contributed by atoms with Crippen molar-refractivity contribution in [2.24, 2.45) is 0 Å². The molecule has 2 heteroatoms. The third-order valence-electron chi connectivity index (χ3n) is 2.68. The van der Waals surface area contributed by atoms with Crippen molar-refractivity contribution in [3.63, 3.8) is 0 Å².